The van der Waals surface area contributed by atoms with Gasteiger partial charge in [-0.1, -0.05) is 57.5 Å². The van der Waals surface area contributed by atoms with Crippen LogP contribution in [0.5, 0.6) is 0 Å². The second-order valence-electron chi connectivity index (χ2n) is 3.95. The average molecular weight is 193 g/mol. The largest absolute Gasteiger partial charge is 0.330 e. The van der Waals surface area contributed by atoms with Crippen LogP contribution in [0.2, 0.25) is 0 Å². The van der Waals surface area contributed by atoms with Gasteiger partial charge in [-0.3, -0.25) is 0 Å². The second kappa shape index (κ2) is 5.82. The van der Waals surface area contributed by atoms with E-state index in [4.69, 9.17) is 5.73 Å². The van der Waals surface area contributed by atoms with Crippen molar-refractivity contribution in [3.8, 4) is 0 Å². The Hall–Kier alpha value is -0.820. The van der Waals surface area contributed by atoms with E-state index in [2.05, 4.69) is 45.0 Å². The van der Waals surface area contributed by atoms with Crippen molar-refractivity contribution in [1.82, 2.24) is 0 Å². The first kappa shape index (κ1) is 13.2. The van der Waals surface area contributed by atoms with Crippen LogP contribution in [0.3, 0.4) is 0 Å². The lowest BCUT2D eigenvalue weighted by molar-refractivity contribution is 0.539. The summed E-state index contributed by atoms with van der Waals surface area (Å²) in [6, 6.07) is 8.57. The third-order valence-corrected chi connectivity index (χ3v) is 2.34. The molecule has 0 atom stereocenters. The highest BCUT2D eigenvalue weighted by atomic mass is 14.6. The van der Waals surface area contributed by atoms with Gasteiger partial charge in [0.05, 0.1) is 0 Å². The molecule has 1 nitrogen and oxygen atoms in total. The third-order valence-electron chi connectivity index (χ3n) is 2.34. The fourth-order valence-electron chi connectivity index (χ4n) is 1.12. The van der Waals surface area contributed by atoms with Gasteiger partial charge in [0.15, 0.2) is 0 Å². The topological polar surface area (TPSA) is 26.0 Å². The van der Waals surface area contributed by atoms with E-state index in [1.54, 1.807) is 0 Å². The Morgan fingerprint density at radius 2 is 1.50 bits per heavy atom. The van der Waals surface area contributed by atoms with E-state index in [9.17, 15) is 0 Å². The Kier molecular flexibility index (Phi) is 5.47. The lowest BCUT2D eigenvalue weighted by Gasteiger charge is -2.22. The van der Waals surface area contributed by atoms with Crippen LogP contribution < -0.4 is 5.73 Å². The minimum atomic E-state index is 0.105. The predicted octanol–water partition coefficient (Wildman–Crippen LogP) is 3.26. The Labute approximate surface area is 88.3 Å². The number of nitrogens with two attached hydrogens (primary N) is 1. The van der Waals surface area contributed by atoms with Gasteiger partial charge < -0.3 is 5.73 Å². The molecule has 0 spiro atoms. The summed E-state index contributed by atoms with van der Waals surface area (Å²) in [6.45, 7) is 11.1. The van der Waals surface area contributed by atoms with Gasteiger partial charge in [0, 0.05) is 12.0 Å². The van der Waals surface area contributed by atoms with E-state index in [0.29, 0.717) is 6.54 Å². The highest BCUT2D eigenvalue weighted by molar-refractivity contribution is 5.27. The van der Waals surface area contributed by atoms with Crippen LogP contribution in [-0.4, -0.2) is 6.54 Å². The first-order valence-electron chi connectivity index (χ1n) is 5.33. The van der Waals surface area contributed by atoms with Gasteiger partial charge in [-0.25, -0.2) is 0 Å². The standard InChI is InChI=1S/C11H17N.C2H6/c1-9-4-6-10(7-5-9)11(2,3)8-12;1-2/h4-7H,8,12H2,1-3H3;1-2H3. The molecular formula is C13H23N. The molecule has 0 amide bonds. The van der Waals surface area contributed by atoms with Gasteiger partial charge in [0.2, 0.25) is 0 Å². The van der Waals surface area contributed by atoms with Crippen molar-refractivity contribution in [2.75, 3.05) is 6.54 Å². The summed E-state index contributed by atoms with van der Waals surface area (Å²) in [5.74, 6) is 0. The summed E-state index contributed by atoms with van der Waals surface area (Å²) >= 11 is 0. The zero-order valence-corrected chi connectivity index (χ0v) is 10.1. The number of hydrogen-bond donors (Lipinski definition) is 1. The molecule has 0 saturated carbocycles. The average Bonchev–Trinajstić information content (AvgIpc) is 2.21. The van der Waals surface area contributed by atoms with Crippen LogP contribution in [0.4, 0.5) is 0 Å². The smallest absolute Gasteiger partial charge is 0.00190 e. The fourth-order valence-corrected chi connectivity index (χ4v) is 1.12. The van der Waals surface area contributed by atoms with Crippen molar-refractivity contribution >= 4 is 0 Å². The minimum Gasteiger partial charge on any atom is -0.330 e. The van der Waals surface area contributed by atoms with Gasteiger partial charge >= 0.3 is 0 Å². The van der Waals surface area contributed by atoms with E-state index in [1.165, 1.54) is 11.1 Å². The first-order chi connectivity index (χ1) is 6.56. The van der Waals surface area contributed by atoms with Crippen LogP contribution in [-0.2, 0) is 5.41 Å². The molecular weight excluding hydrogens is 170 g/mol. The van der Waals surface area contributed by atoms with Crippen molar-refractivity contribution in [1.29, 1.82) is 0 Å². The number of hydrogen-bond acceptors (Lipinski definition) is 1. The molecule has 14 heavy (non-hydrogen) atoms. The van der Waals surface area contributed by atoms with E-state index in [0.717, 1.165) is 0 Å². The molecule has 0 radical (unpaired) electrons. The molecule has 1 rings (SSSR count). The lowest BCUT2D eigenvalue weighted by atomic mass is 9.84. The monoisotopic (exact) mass is 193 g/mol. The predicted molar refractivity (Wildman–Crippen MR) is 64.6 cm³/mol. The zero-order valence-electron chi connectivity index (χ0n) is 10.1. The molecule has 0 heterocycles. The van der Waals surface area contributed by atoms with E-state index in [1.807, 2.05) is 13.8 Å². The van der Waals surface area contributed by atoms with E-state index in [-0.39, 0.29) is 5.41 Å². The second-order valence-corrected chi connectivity index (χ2v) is 3.95. The van der Waals surface area contributed by atoms with Gasteiger partial charge in [0.25, 0.3) is 0 Å². The molecule has 1 aromatic rings. The van der Waals surface area contributed by atoms with E-state index >= 15 is 0 Å². The normalized spacial score (nSPS) is 10.4. The van der Waals surface area contributed by atoms with E-state index < -0.39 is 0 Å². The van der Waals surface area contributed by atoms with Gasteiger partial charge in [-0.2, -0.15) is 0 Å². The summed E-state index contributed by atoms with van der Waals surface area (Å²) in [5, 5.41) is 0. The van der Waals surface area contributed by atoms with Crippen molar-refractivity contribution < 1.29 is 0 Å². The molecule has 0 aliphatic heterocycles. The van der Waals surface area contributed by atoms with Crippen molar-refractivity contribution in [2.45, 2.75) is 40.0 Å². The van der Waals surface area contributed by atoms with Gasteiger partial charge in [0.1, 0.15) is 0 Å². The summed E-state index contributed by atoms with van der Waals surface area (Å²) in [4.78, 5) is 0. The summed E-state index contributed by atoms with van der Waals surface area (Å²) in [5.41, 5.74) is 8.39. The Morgan fingerprint density at radius 3 is 1.86 bits per heavy atom. The molecule has 0 fully saturated rings. The Morgan fingerprint density at radius 1 is 1.07 bits per heavy atom. The molecule has 1 aromatic carbocycles. The third kappa shape index (κ3) is 3.51. The molecule has 0 bridgehead atoms. The highest BCUT2D eigenvalue weighted by Crippen LogP contribution is 2.21. The van der Waals surface area contributed by atoms with Crippen LogP contribution in [0.15, 0.2) is 24.3 Å². The van der Waals surface area contributed by atoms with Crippen LogP contribution >= 0.6 is 0 Å². The van der Waals surface area contributed by atoms with Crippen LogP contribution in [0.1, 0.15) is 38.8 Å². The zero-order chi connectivity index (χ0) is 11.2. The molecule has 0 unspecified atom stereocenters. The molecule has 0 aliphatic carbocycles. The minimum absolute atomic E-state index is 0.105. The van der Waals surface area contributed by atoms with Crippen molar-refractivity contribution in [2.24, 2.45) is 5.73 Å². The van der Waals surface area contributed by atoms with Crippen molar-refractivity contribution in [3.05, 3.63) is 35.4 Å². The summed E-state index contributed by atoms with van der Waals surface area (Å²) in [7, 11) is 0. The van der Waals surface area contributed by atoms with Crippen LogP contribution in [0.25, 0.3) is 0 Å². The highest BCUT2D eigenvalue weighted by Gasteiger charge is 2.17. The molecule has 2 N–H and O–H groups in total. The summed E-state index contributed by atoms with van der Waals surface area (Å²) in [6.07, 6.45) is 0. The van der Waals surface area contributed by atoms with Gasteiger partial charge in [-0.15, -0.1) is 0 Å². The molecule has 0 aromatic heterocycles. The van der Waals surface area contributed by atoms with Crippen molar-refractivity contribution in [3.63, 3.8) is 0 Å². The van der Waals surface area contributed by atoms with Crippen LogP contribution in [0, 0.1) is 6.92 Å². The maximum Gasteiger partial charge on any atom is 0.00190 e. The lowest BCUT2D eigenvalue weighted by Crippen LogP contribution is -2.27. The molecule has 0 saturated heterocycles. The molecule has 1 heteroatoms. The Balaban J connectivity index is 0.000000791. The fraction of sp³-hybridized carbons (Fsp3) is 0.538. The first-order valence-corrected chi connectivity index (χ1v) is 5.33. The molecule has 0 aliphatic rings. The number of benzene rings is 1. The van der Waals surface area contributed by atoms with Gasteiger partial charge in [-0.05, 0) is 12.5 Å². The SMILES string of the molecule is CC.Cc1ccc(C(C)(C)CN)cc1. The number of aryl methyl sites for hydroxylation is 1. The quantitative estimate of drug-likeness (QED) is 0.766. The summed E-state index contributed by atoms with van der Waals surface area (Å²) < 4.78 is 0. The maximum atomic E-state index is 5.68. The Bertz CT molecular complexity index is 246. The maximum absolute atomic E-state index is 5.68. The molecule has 80 valence electrons. The number of rotatable bonds is 2.